The first-order chi connectivity index (χ1) is 11.5. The predicted molar refractivity (Wildman–Crippen MR) is 101 cm³/mol. The number of halogens is 2. The topological polar surface area (TPSA) is 84.2 Å². The largest absolute Gasteiger partial charge is 0.370 e. The Morgan fingerprint density at radius 1 is 1.28 bits per heavy atom. The van der Waals surface area contributed by atoms with Crippen LogP contribution >= 0.6 is 24.0 Å². The van der Waals surface area contributed by atoms with Crippen LogP contribution in [0.25, 0.3) is 0 Å². The van der Waals surface area contributed by atoms with E-state index < -0.39 is 11.9 Å². The van der Waals surface area contributed by atoms with Gasteiger partial charge >= 0.3 is 0 Å². The Morgan fingerprint density at radius 2 is 1.96 bits per heavy atom. The van der Waals surface area contributed by atoms with E-state index in [0.717, 1.165) is 18.4 Å². The molecule has 2 amide bonds. The van der Waals surface area contributed by atoms with Crippen LogP contribution in [0, 0.1) is 5.92 Å². The first kappa shape index (κ1) is 20.0. The molecular formula is C18H25Cl2N3O2. The third-order valence-electron chi connectivity index (χ3n) is 5.04. The first-order valence-electron chi connectivity index (χ1n) is 8.59. The number of fused-ring (bicyclic) bond motifs is 2. The summed E-state index contributed by atoms with van der Waals surface area (Å²) in [7, 11) is 0. The summed E-state index contributed by atoms with van der Waals surface area (Å²) in [4.78, 5) is 23.8. The molecule has 2 aliphatic rings. The summed E-state index contributed by atoms with van der Waals surface area (Å²) in [5.41, 5.74) is 6.15. The van der Waals surface area contributed by atoms with Crippen LogP contribution < -0.4 is 16.4 Å². The van der Waals surface area contributed by atoms with E-state index in [-0.39, 0.29) is 24.7 Å². The maximum atomic E-state index is 12.5. The van der Waals surface area contributed by atoms with Crippen LogP contribution in [0.15, 0.2) is 24.3 Å². The number of rotatable bonds is 6. The van der Waals surface area contributed by atoms with Crippen molar-refractivity contribution in [1.29, 1.82) is 0 Å². The molecule has 7 heteroatoms. The van der Waals surface area contributed by atoms with Gasteiger partial charge < -0.3 is 16.4 Å². The molecule has 0 spiro atoms. The Hall–Kier alpha value is -1.30. The van der Waals surface area contributed by atoms with Crippen LogP contribution in [0.3, 0.4) is 0 Å². The van der Waals surface area contributed by atoms with Gasteiger partial charge in [-0.05, 0) is 49.3 Å². The van der Waals surface area contributed by atoms with Gasteiger partial charge in [-0.1, -0.05) is 23.7 Å². The predicted octanol–water partition coefficient (Wildman–Crippen LogP) is 2.72. The van der Waals surface area contributed by atoms with E-state index in [1.54, 1.807) is 12.1 Å². The van der Waals surface area contributed by atoms with Crippen LogP contribution in [0.2, 0.25) is 5.02 Å². The average Bonchev–Trinajstić information content (AvgIpc) is 2.85. The normalized spacial score (nSPS) is 25.7. The number of piperidine rings is 1. The quantitative estimate of drug-likeness (QED) is 0.703. The minimum absolute atomic E-state index is 0. The number of amides is 2. The van der Waals surface area contributed by atoms with E-state index >= 15 is 0 Å². The molecule has 1 aromatic rings. The van der Waals surface area contributed by atoms with Crippen LogP contribution in [-0.4, -0.2) is 23.9 Å². The standard InChI is InChI=1S/C18H24ClN3O2.ClH/c19-13-3-1-2-12(9-13)16(10-17(20)23)22-18(24)8-11-6-14-4-5-15(7-11)21-14;/h1-3,9,11,14-16,21H,4-8,10H2,(H2,20,23)(H,22,24);1H/t11?,14?,15?,16-;/m1./s1. The summed E-state index contributed by atoms with van der Waals surface area (Å²) >= 11 is 6.02. The lowest BCUT2D eigenvalue weighted by Crippen LogP contribution is -2.40. The molecule has 0 aliphatic carbocycles. The number of hydrogen-bond donors (Lipinski definition) is 3. The summed E-state index contributed by atoms with van der Waals surface area (Å²) in [6.07, 6.45) is 5.13. The molecule has 1 aromatic carbocycles. The zero-order valence-electron chi connectivity index (χ0n) is 14.0. The van der Waals surface area contributed by atoms with Gasteiger partial charge in [-0.25, -0.2) is 0 Å². The molecule has 2 fully saturated rings. The van der Waals surface area contributed by atoms with Crippen molar-refractivity contribution >= 4 is 35.8 Å². The molecular weight excluding hydrogens is 361 g/mol. The van der Waals surface area contributed by atoms with Gasteiger partial charge in [0.25, 0.3) is 0 Å². The Balaban J connectivity index is 0.00000225. The molecule has 3 atom stereocenters. The molecule has 3 rings (SSSR count). The van der Waals surface area contributed by atoms with Crippen molar-refractivity contribution in [3.63, 3.8) is 0 Å². The third-order valence-corrected chi connectivity index (χ3v) is 5.27. The van der Waals surface area contributed by atoms with Crippen LogP contribution in [0.4, 0.5) is 0 Å². The molecule has 2 aliphatic heterocycles. The lowest BCUT2D eigenvalue weighted by molar-refractivity contribution is -0.123. The highest BCUT2D eigenvalue weighted by Crippen LogP contribution is 2.32. The highest BCUT2D eigenvalue weighted by Gasteiger charge is 2.34. The van der Waals surface area contributed by atoms with Crippen LogP contribution in [0.5, 0.6) is 0 Å². The van der Waals surface area contributed by atoms with Gasteiger partial charge in [0.2, 0.25) is 11.8 Å². The minimum atomic E-state index is -0.444. The van der Waals surface area contributed by atoms with E-state index in [9.17, 15) is 9.59 Å². The average molecular weight is 386 g/mol. The summed E-state index contributed by atoms with van der Waals surface area (Å²) < 4.78 is 0. The maximum Gasteiger partial charge on any atom is 0.220 e. The number of primary amides is 1. The number of carbonyl (C=O) groups excluding carboxylic acids is 2. The van der Waals surface area contributed by atoms with E-state index in [0.29, 0.717) is 29.4 Å². The van der Waals surface area contributed by atoms with Crippen molar-refractivity contribution in [1.82, 2.24) is 10.6 Å². The monoisotopic (exact) mass is 385 g/mol. The summed E-state index contributed by atoms with van der Waals surface area (Å²) in [6.45, 7) is 0. The van der Waals surface area contributed by atoms with Gasteiger partial charge in [-0.3, -0.25) is 9.59 Å². The number of hydrogen-bond acceptors (Lipinski definition) is 3. The van der Waals surface area contributed by atoms with Crippen molar-refractivity contribution in [2.45, 2.75) is 56.7 Å². The Labute approximate surface area is 159 Å². The maximum absolute atomic E-state index is 12.5. The Kier molecular flexibility index (Phi) is 7.11. The van der Waals surface area contributed by atoms with Gasteiger partial charge in [0.05, 0.1) is 12.5 Å². The van der Waals surface area contributed by atoms with Crippen molar-refractivity contribution in [2.24, 2.45) is 11.7 Å². The zero-order chi connectivity index (χ0) is 17.1. The van der Waals surface area contributed by atoms with Crippen molar-refractivity contribution in [3.8, 4) is 0 Å². The van der Waals surface area contributed by atoms with E-state index in [2.05, 4.69) is 10.6 Å². The highest BCUT2D eigenvalue weighted by molar-refractivity contribution is 6.30. The van der Waals surface area contributed by atoms with Crippen molar-refractivity contribution in [2.75, 3.05) is 0 Å². The fraction of sp³-hybridized carbons (Fsp3) is 0.556. The second-order valence-electron chi connectivity index (χ2n) is 7.02. The SMILES string of the molecule is Cl.NC(=O)C[C@@H](NC(=O)CC1CC2CCC(C1)N2)c1cccc(Cl)c1. The molecule has 0 radical (unpaired) electrons. The van der Waals surface area contributed by atoms with Gasteiger partial charge in [-0.2, -0.15) is 0 Å². The van der Waals surface area contributed by atoms with Gasteiger partial charge in [0.15, 0.2) is 0 Å². The minimum Gasteiger partial charge on any atom is -0.370 e. The smallest absolute Gasteiger partial charge is 0.220 e. The van der Waals surface area contributed by atoms with E-state index in [1.807, 2.05) is 12.1 Å². The lowest BCUT2D eigenvalue weighted by atomic mass is 9.89. The number of nitrogens with one attached hydrogen (secondary N) is 2. The fourth-order valence-electron chi connectivity index (χ4n) is 4.03. The van der Waals surface area contributed by atoms with Crippen LogP contribution in [-0.2, 0) is 9.59 Å². The number of nitrogens with two attached hydrogens (primary N) is 1. The van der Waals surface area contributed by atoms with E-state index in [4.69, 9.17) is 17.3 Å². The molecule has 0 saturated carbocycles. The van der Waals surface area contributed by atoms with Crippen molar-refractivity contribution < 1.29 is 9.59 Å². The summed E-state index contributed by atoms with van der Waals surface area (Å²) in [5, 5.41) is 7.13. The van der Waals surface area contributed by atoms with Crippen LogP contribution in [0.1, 0.15) is 50.1 Å². The third kappa shape index (κ3) is 5.59. The first-order valence-corrected chi connectivity index (χ1v) is 8.96. The zero-order valence-corrected chi connectivity index (χ0v) is 15.6. The molecule has 2 bridgehead atoms. The molecule has 5 nitrogen and oxygen atoms in total. The Morgan fingerprint density at radius 3 is 2.56 bits per heavy atom. The molecule has 2 heterocycles. The molecule has 2 unspecified atom stereocenters. The summed E-state index contributed by atoms with van der Waals surface area (Å²) in [6, 6.07) is 7.89. The number of carbonyl (C=O) groups is 2. The Bertz CT molecular complexity index is 614. The lowest BCUT2D eigenvalue weighted by Gasteiger charge is -2.29. The van der Waals surface area contributed by atoms with Gasteiger partial charge in [-0.15, -0.1) is 12.4 Å². The number of benzene rings is 1. The summed E-state index contributed by atoms with van der Waals surface area (Å²) in [5.74, 6) is -0.0509. The second kappa shape index (κ2) is 8.88. The fourth-order valence-corrected chi connectivity index (χ4v) is 4.23. The molecule has 138 valence electrons. The molecule has 25 heavy (non-hydrogen) atoms. The van der Waals surface area contributed by atoms with Crippen molar-refractivity contribution in [3.05, 3.63) is 34.9 Å². The van der Waals surface area contributed by atoms with Gasteiger partial charge in [0, 0.05) is 23.5 Å². The highest BCUT2D eigenvalue weighted by atomic mass is 35.5. The van der Waals surface area contributed by atoms with E-state index in [1.165, 1.54) is 12.8 Å². The molecule has 4 N–H and O–H groups in total. The molecule has 0 aromatic heterocycles. The van der Waals surface area contributed by atoms with Gasteiger partial charge in [0.1, 0.15) is 0 Å². The molecule has 2 saturated heterocycles. The second-order valence-corrected chi connectivity index (χ2v) is 7.46.